The summed E-state index contributed by atoms with van der Waals surface area (Å²) in [6, 6.07) is 6.92. The fourth-order valence-corrected chi connectivity index (χ4v) is 1.95. The first-order valence-corrected chi connectivity index (χ1v) is 6.72. The summed E-state index contributed by atoms with van der Waals surface area (Å²) in [5.41, 5.74) is -0.0392. The molecule has 0 aliphatic carbocycles. The van der Waals surface area contributed by atoms with E-state index in [0.29, 0.717) is 6.42 Å². The molecule has 1 fully saturated rings. The van der Waals surface area contributed by atoms with Crippen LogP contribution in [0, 0.1) is 0 Å². The van der Waals surface area contributed by atoms with Crippen LogP contribution in [0.1, 0.15) is 25.8 Å². The predicted octanol–water partition coefficient (Wildman–Crippen LogP) is 2.50. The molecule has 1 heterocycles. The van der Waals surface area contributed by atoms with Crippen molar-refractivity contribution >= 4 is 34.1 Å². The Bertz CT molecular complexity index is 541. The third-order valence-electron chi connectivity index (χ3n) is 3.14. The summed E-state index contributed by atoms with van der Waals surface area (Å²) in [4.78, 5) is 23.8. The lowest BCUT2D eigenvalue weighted by Gasteiger charge is -2.17. The van der Waals surface area contributed by atoms with E-state index in [1.165, 1.54) is 6.21 Å². The molecule has 5 nitrogen and oxygen atoms in total. The first-order valence-electron chi connectivity index (χ1n) is 5.92. The van der Waals surface area contributed by atoms with Crippen molar-refractivity contribution in [2.45, 2.75) is 25.8 Å². The SMILES string of the molecule is CCC1(C)NC(=O)N(/N=C/c2ccc(Br)cc2)C1=O. The van der Waals surface area contributed by atoms with Crippen molar-refractivity contribution in [3.8, 4) is 0 Å². The van der Waals surface area contributed by atoms with E-state index in [1.54, 1.807) is 6.92 Å². The first-order chi connectivity index (χ1) is 8.96. The van der Waals surface area contributed by atoms with Crippen LogP contribution in [0.5, 0.6) is 0 Å². The topological polar surface area (TPSA) is 61.8 Å². The fraction of sp³-hybridized carbons (Fsp3) is 0.308. The molecular formula is C13H14BrN3O2. The minimum atomic E-state index is -0.853. The minimum Gasteiger partial charge on any atom is -0.322 e. The van der Waals surface area contributed by atoms with Gasteiger partial charge in [-0.3, -0.25) is 4.79 Å². The Labute approximate surface area is 119 Å². The lowest BCUT2D eigenvalue weighted by molar-refractivity contribution is -0.130. The van der Waals surface area contributed by atoms with E-state index < -0.39 is 11.6 Å². The predicted molar refractivity (Wildman–Crippen MR) is 75.8 cm³/mol. The lowest BCUT2D eigenvalue weighted by atomic mass is 10.00. The van der Waals surface area contributed by atoms with Gasteiger partial charge in [-0.25, -0.2) is 4.79 Å². The van der Waals surface area contributed by atoms with Crippen LogP contribution in [0.4, 0.5) is 4.79 Å². The van der Waals surface area contributed by atoms with Gasteiger partial charge < -0.3 is 5.32 Å². The Morgan fingerprint density at radius 3 is 2.53 bits per heavy atom. The molecule has 1 aliphatic heterocycles. The van der Waals surface area contributed by atoms with Gasteiger partial charge in [0.05, 0.1) is 6.21 Å². The molecular weight excluding hydrogens is 310 g/mol. The van der Waals surface area contributed by atoms with E-state index in [-0.39, 0.29) is 5.91 Å². The summed E-state index contributed by atoms with van der Waals surface area (Å²) in [5.74, 6) is -0.326. The average molecular weight is 324 g/mol. The largest absolute Gasteiger partial charge is 0.346 e. The number of carbonyl (C=O) groups excluding carboxylic acids is 2. The number of rotatable bonds is 3. The summed E-state index contributed by atoms with van der Waals surface area (Å²) in [7, 11) is 0. The van der Waals surface area contributed by atoms with Crippen molar-refractivity contribution < 1.29 is 9.59 Å². The van der Waals surface area contributed by atoms with Crippen LogP contribution in [0.25, 0.3) is 0 Å². The van der Waals surface area contributed by atoms with Gasteiger partial charge in [0.2, 0.25) is 0 Å². The Kier molecular flexibility index (Phi) is 3.71. The number of benzene rings is 1. The molecule has 1 unspecified atom stereocenters. The molecule has 1 aliphatic rings. The van der Waals surface area contributed by atoms with Gasteiger partial charge in [0.15, 0.2) is 0 Å². The number of urea groups is 1. The number of nitrogens with zero attached hydrogens (tertiary/aromatic N) is 2. The normalized spacial score (nSPS) is 23.2. The molecule has 1 saturated heterocycles. The van der Waals surface area contributed by atoms with Crippen LogP contribution in [0.2, 0.25) is 0 Å². The number of amides is 3. The molecule has 0 bridgehead atoms. The maximum Gasteiger partial charge on any atom is 0.346 e. The molecule has 2 rings (SSSR count). The van der Waals surface area contributed by atoms with Gasteiger partial charge >= 0.3 is 6.03 Å². The van der Waals surface area contributed by atoms with Crippen LogP contribution in [-0.4, -0.2) is 28.7 Å². The molecule has 0 aromatic heterocycles. The van der Waals surface area contributed by atoms with Gasteiger partial charge in [-0.1, -0.05) is 35.0 Å². The van der Waals surface area contributed by atoms with Crippen molar-refractivity contribution in [1.82, 2.24) is 10.3 Å². The zero-order valence-corrected chi connectivity index (χ0v) is 12.3. The highest BCUT2D eigenvalue weighted by Crippen LogP contribution is 2.20. The average Bonchev–Trinajstić information content (AvgIpc) is 2.61. The molecule has 3 amide bonds. The van der Waals surface area contributed by atoms with Crippen molar-refractivity contribution in [3.63, 3.8) is 0 Å². The van der Waals surface area contributed by atoms with Crippen LogP contribution in [0.3, 0.4) is 0 Å². The van der Waals surface area contributed by atoms with Crippen molar-refractivity contribution in [3.05, 3.63) is 34.3 Å². The maximum atomic E-state index is 12.1. The lowest BCUT2D eigenvalue weighted by Crippen LogP contribution is -2.42. The fourth-order valence-electron chi connectivity index (χ4n) is 1.69. The third kappa shape index (κ3) is 2.68. The number of hydrogen-bond donors (Lipinski definition) is 1. The van der Waals surface area contributed by atoms with E-state index in [1.807, 2.05) is 31.2 Å². The molecule has 0 radical (unpaired) electrons. The Morgan fingerprint density at radius 1 is 1.37 bits per heavy atom. The number of imide groups is 1. The summed E-state index contributed by atoms with van der Waals surface area (Å²) >= 11 is 3.33. The van der Waals surface area contributed by atoms with Crippen LogP contribution in [-0.2, 0) is 4.79 Å². The summed E-state index contributed by atoms with van der Waals surface area (Å²) in [6.45, 7) is 3.54. The van der Waals surface area contributed by atoms with Crippen molar-refractivity contribution in [2.24, 2.45) is 5.10 Å². The Balaban J connectivity index is 2.17. The Hall–Kier alpha value is -1.69. The summed E-state index contributed by atoms with van der Waals surface area (Å²) < 4.78 is 0.957. The van der Waals surface area contributed by atoms with E-state index in [9.17, 15) is 9.59 Å². The van der Waals surface area contributed by atoms with Gasteiger partial charge in [-0.15, -0.1) is 5.01 Å². The molecule has 1 aromatic rings. The van der Waals surface area contributed by atoms with Gasteiger partial charge in [-0.05, 0) is 31.0 Å². The minimum absolute atomic E-state index is 0.326. The number of hydrazone groups is 1. The quantitative estimate of drug-likeness (QED) is 0.686. The van der Waals surface area contributed by atoms with Crippen LogP contribution < -0.4 is 5.32 Å². The van der Waals surface area contributed by atoms with Gasteiger partial charge in [0.25, 0.3) is 5.91 Å². The number of nitrogens with one attached hydrogen (secondary N) is 1. The van der Waals surface area contributed by atoms with E-state index >= 15 is 0 Å². The maximum absolute atomic E-state index is 12.1. The van der Waals surface area contributed by atoms with E-state index in [0.717, 1.165) is 15.0 Å². The summed E-state index contributed by atoms with van der Waals surface area (Å²) in [6.07, 6.45) is 2.02. The molecule has 1 atom stereocenters. The van der Waals surface area contributed by atoms with Gasteiger partial charge in [0, 0.05) is 4.47 Å². The highest BCUT2D eigenvalue weighted by molar-refractivity contribution is 9.10. The Morgan fingerprint density at radius 2 is 2.00 bits per heavy atom. The van der Waals surface area contributed by atoms with Gasteiger partial charge in [-0.2, -0.15) is 5.10 Å². The second kappa shape index (κ2) is 5.13. The van der Waals surface area contributed by atoms with Crippen LogP contribution in [0.15, 0.2) is 33.8 Å². The molecule has 19 heavy (non-hydrogen) atoms. The molecule has 0 spiro atoms. The second-order valence-corrected chi connectivity index (χ2v) is 5.44. The van der Waals surface area contributed by atoms with E-state index in [4.69, 9.17) is 0 Å². The number of halogens is 1. The molecule has 1 aromatic carbocycles. The first kappa shape index (κ1) is 13.7. The highest BCUT2D eigenvalue weighted by Gasteiger charge is 2.46. The zero-order chi connectivity index (χ0) is 14.0. The van der Waals surface area contributed by atoms with Crippen molar-refractivity contribution in [1.29, 1.82) is 0 Å². The van der Waals surface area contributed by atoms with Crippen LogP contribution >= 0.6 is 15.9 Å². The van der Waals surface area contributed by atoms with Crippen molar-refractivity contribution in [2.75, 3.05) is 0 Å². The zero-order valence-electron chi connectivity index (χ0n) is 10.7. The molecule has 1 N–H and O–H groups in total. The molecule has 0 saturated carbocycles. The van der Waals surface area contributed by atoms with Gasteiger partial charge in [0.1, 0.15) is 5.54 Å². The standard InChI is InChI=1S/C13H14BrN3O2/c1-3-13(2)11(18)17(12(19)16-13)15-8-9-4-6-10(14)7-5-9/h4-8H,3H2,1-2H3,(H,16,19)/b15-8+. The third-order valence-corrected chi connectivity index (χ3v) is 3.67. The number of hydrogen-bond acceptors (Lipinski definition) is 3. The summed E-state index contributed by atoms with van der Waals surface area (Å²) in [5, 5.41) is 7.48. The van der Waals surface area contributed by atoms with E-state index in [2.05, 4.69) is 26.3 Å². The smallest absolute Gasteiger partial charge is 0.322 e. The second-order valence-electron chi connectivity index (χ2n) is 4.53. The molecule has 6 heteroatoms. The molecule has 100 valence electrons. The highest BCUT2D eigenvalue weighted by atomic mass is 79.9. The monoisotopic (exact) mass is 323 g/mol. The number of carbonyl (C=O) groups is 2.